The molecule has 0 heterocycles. The van der Waals surface area contributed by atoms with Crippen LogP contribution >= 0.6 is 0 Å². The highest BCUT2D eigenvalue weighted by Crippen LogP contribution is 2.61. The third-order valence-electron chi connectivity index (χ3n) is 2.33. The molecular formula is C7H11F3O3. The molecule has 0 radical (unpaired) electrons. The van der Waals surface area contributed by atoms with Crippen LogP contribution in [0, 0.1) is 5.41 Å². The number of hydrogen-bond donors (Lipinski definition) is 3. The van der Waals surface area contributed by atoms with Crippen molar-refractivity contribution in [3.05, 3.63) is 0 Å². The fourth-order valence-corrected chi connectivity index (χ4v) is 1.31. The van der Waals surface area contributed by atoms with E-state index in [2.05, 4.69) is 0 Å². The summed E-state index contributed by atoms with van der Waals surface area (Å²) >= 11 is 0. The van der Waals surface area contributed by atoms with Crippen molar-refractivity contribution in [2.45, 2.75) is 31.2 Å². The van der Waals surface area contributed by atoms with Gasteiger partial charge in [0.15, 0.2) is 5.79 Å². The molecule has 0 aromatic heterocycles. The van der Waals surface area contributed by atoms with E-state index in [1.807, 2.05) is 0 Å². The Hall–Kier alpha value is -0.330. The Labute approximate surface area is 72.8 Å². The molecular weight excluding hydrogens is 189 g/mol. The standard InChI is InChI=1S/C7H11F3O3/c8-7(9,10)5(1-2-5)3-6(12,13)4-11/h11-13H,1-4H2. The minimum Gasteiger partial charge on any atom is -0.391 e. The normalized spacial score (nSPS) is 21.7. The molecule has 0 spiro atoms. The Kier molecular flexibility index (Phi) is 2.34. The number of aliphatic hydroxyl groups excluding tert-OH is 1. The fourth-order valence-electron chi connectivity index (χ4n) is 1.31. The Bertz CT molecular complexity index is 196. The van der Waals surface area contributed by atoms with Gasteiger partial charge in [-0.1, -0.05) is 0 Å². The molecule has 1 rings (SSSR count). The first kappa shape index (κ1) is 10.7. The first-order valence-corrected chi connectivity index (χ1v) is 3.85. The average molecular weight is 200 g/mol. The highest BCUT2D eigenvalue weighted by Gasteiger charge is 2.65. The first-order chi connectivity index (χ1) is 5.72. The van der Waals surface area contributed by atoms with Crippen molar-refractivity contribution in [1.29, 1.82) is 0 Å². The summed E-state index contributed by atoms with van der Waals surface area (Å²) in [5.74, 6) is -2.62. The third kappa shape index (κ3) is 2.12. The Morgan fingerprint density at radius 1 is 1.15 bits per heavy atom. The molecule has 0 unspecified atom stereocenters. The minimum atomic E-state index is -4.42. The van der Waals surface area contributed by atoms with Crippen molar-refractivity contribution in [1.82, 2.24) is 0 Å². The molecule has 0 aliphatic heterocycles. The summed E-state index contributed by atoms with van der Waals surface area (Å²) in [6.45, 7) is -1.08. The van der Waals surface area contributed by atoms with Crippen molar-refractivity contribution >= 4 is 0 Å². The summed E-state index contributed by atoms with van der Waals surface area (Å²) in [6.07, 6.45) is -5.46. The second-order valence-electron chi connectivity index (χ2n) is 3.60. The zero-order valence-electron chi connectivity index (χ0n) is 6.80. The van der Waals surface area contributed by atoms with Gasteiger partial charge < -0.3 is 15.3 Å². The maximum Gasteiger partial charge on any atom is 0.394 e. The number of halogens is 3. The topological polar surface area (TPSA) is 60.7 Å². The Morgan fingerprint density at radius 2 is 1.62 bits per heavy atom. The van der Waals surface area contributed by atoms with Crippen molar-refractivity contribution in [3.8, 4) is 0 Å². The van der Waals surface area contributed by atoms with Crippen LogP contribution in [0.3, 0.4) is 0 Å². The summed E-state index contributed by atoms with van der Waals surface area (Å²) < 4.78 is 36.8. The number of alkyl halides is 3. The lowest BCUT2D eigenvalue weighted by atomic mass is 9.96. The van der Waals surface area contributed by atoms with Crippen LogP contribution in [0.1, 0.15) is 19.3 Å². The van der Waals surface area contributed by atoms with Crippen LogP contribution in [0.25, 0.3) is 0 Å². The van der Waals surface area contributed by atoms with Gasteiger partial charge in [0.2, 0.25) is 0 Å². The predicted octanol–water partition coefficient (Wildman–Crippen LogP) is 0.392. The highest BCUT2D eigenvalue weighted by molar-refractivity contribution is 5.01. The molecule has 78 valence electrons. The lowest BCUT2D eigenvalue weighted by Gasteiger charge is -2.26. The summed E-state index contributed by atoms with van der Waals surface area (Å²) in [7, 11) is 0. The maximum absolute atomic E-state index is 12.3. The van der Waals surface area contributed by atoms with E-state index >= 15 is 0 Å². The van der Waals surface area contributed by atoms with Crippen LogP contribution in [0.2, 0.25) is 0 Å². The van der Waals surface area contributed by atoms with Crippen LogP contribution < -0.4 is 0 Å². The molecule has 0 amide bonds. The van der Waals surface area contributed by atoms with Gasteiger partial charge in [0.25, 0.3) is 0 Å². The van der Waals surface area contributed by atoms with Gasteiger partial charge in [-0.3, -0.25) is 0 Å². The van der Waals surface area contributed by atoms with Crippen LogP contribution in [0.5, 0.6) is 0 Å². The van der Waals surface area contributed by atoms with Crippen LogP contribution in [0.4, 0.5) is 13.2 Å². The lowest BCUT2D eigenvalue weighted by molar-refractivity contribution is -0.248. The van der Waals surface area contributed by atoms with Gasteiger partial charge >= 0.3 is 6.18 Å². The monoisotopic (exact) mass is 200 g/mol. The number of rotatable bonds is 3. The van der Waals surface area contributed by atoms with Crippen molar-refractivity contribution in [2.24, 2.45) is 5.41 Å². The van der Waals surface area contributed by atoms with E-state index in [4.69, 9.17) is 15.3 Å². The van der Waals surface area contributed by atoms with Gasteiger partial charge in [-0.05, 0) is 12.8 Å². The van der Waals surface area contributed by atoms with Gasteiger partial charge in [-0.25, -0.2) is 0 Å². The summed E-state index contributed by atoms with van der Waals surface area (Å²) in [4.78, 5) is 0. The summed E-state index contributed by atoms with van der Waals surface area (Å²) in [6, 6.07) is 0. The highest BCUT2D eigenvalue weighted by atomic mass is 19.4. The van der Waals surface area contributed by atoms with E-state index in [0.29, 0.717) is 0 Å². The van der Waals surface area contributed by atoms with Crippen molar-refractivity contribution < 1.29 is 28.5 Å². The third-order valence-corrected chi connectivity index (χ3v) is 2.33. The molecule has 0 saturated heterocycles. The molecule has 3 N–H and O–H groups in total. The quantitative estimate of drug-likeness (QED) is 0.577. The van der Waals surface area contributed by atoms with E-state index < -0.39 is 30.4 Å². The van der Waals surface area contributed by atoms with E-state index in [1.54, 1.807) is 0 Å². The van der Waals surface area contributed by atoms with E-state index in [1.165, 1.54) is 0 Å². The molecule has 1 saturated carbocycles. The summed E-state index contributed by atoms with van der Waals surface area (Å²) in [5, 5.41) is 26.1. The lowest BCUT2D eigenvalue weighted by Crippen LogP contribution is -2.40. The van der Waals surface area contributed by atoms with Gasteiger partial charge in [-0.2, -0.15) is 13.2 Å². The molecule has 1 aliphatic rings. The largest absolute Gasteiger partial charge is 0.394 e. The Balaban J connectivity index is 2.64. The van der Waals surface area contributed by atoms with Gasteiger partial charge in [-0.15, -0.1) is 0 Å². The van der Waals surface area contributed by atoms with Gasteiger partial charge in [0.05, 0.1) is 12.0 Å². The molecule has 13 heavy (non-hydrogen) atoms. The molecule has 0 atom stereocenters. The van der Waals surface area contributed by atoms with Crippen LogP contribution in [0.15, 0.2) is 0 Å². The molecule has 0 aromatic rings. The first-order valence-electron chi connectivity index (χ1n) is 3.85. The van der Waals surface area contributed by atoms with Crippen molar-refractivity contribution in [2.75, 3.05) is 6.61 Å². The zero-order chi connectivity index (χ0) is 10.3. The number of hydrogen-bond acceptors (Lipinski definition) is 3. The van der Waals surface area contributed by atoms with Gasteiger partial charge in [0, 0.05) is 6.42 Å². The van der Waals surface area contributed by atoms with Crippen LogP contribution in [-0.2, 0) is 0 Å². The SMILES string of the molecule is OCC(O)(O)CC1(C(F)(F)F)CC1. The Morgan fingerprint density at radius 3 is 1.85 bits per heavy atom. The van der Waals surface area contributed by atoms with E-state index in [9.17, 15) is 13.2 Å². The molecule has 3 nitrogen and oxygen atoms in total. The number of aliphatic hydroxyl groups is 3. The predicted molar refractivity (Wildman–Crippen MR) is 36.6 cm³/mol. The van der Waals surface area contributed by atoms with Crippen LogP contribution in [-0.4, -0.2) is 33.9 Å². The second-order valence-corrected chi connectivity index (χ2v) is 3.60. The molecule has 6 heteroatoms. The van der Waals surface area contributed by atoms with Gasteiger partial charge in [0.1, 0.15) is 0 Å². The molecule has 0 bridgehead atoms. The average Bonchev–Trinajstić information content (AvgIpc) is 2.67. The molecule has 1 fully saturated rings. The molecule has 0 aromatic carbocycles. The molecule has 1 aliphatic carbocycles. The second kappa shape index (κ2) is 2.83. The fraction of sp³-hybridized carbons (Fsp3) is 1.00. The van der Waals surface area contributed by atoms with Crippen molar-refractivity contribution in [3.63, 3.8) is 0 Å². The summed E-state index contributed by atoms with van der Waals surface area (Å²) in [5.41, 5.74) is -1.99. The maximum atomic E-state index is 12.3. The smallest absolute Gasteiger partial charge is 0.391 e. The zero-order valence-corrected chi connectivity index (χ0v) is 6.80. The van der Waals surface area contributed by atoms with E-state index in [0.717, 1.165) is 0 Å². The van der Waals surface area contributed by atoms with E-state index in [-0.39, 0.29) is 12.8 Å². The minimum absolute atomic E-state index is 0.0978.